The Morgan fingerprint density at radius 3 is 2.13 bits per heavy atom. The van der Waals surface area contributed by atoms with Crippen LogP contribution in [0.3, 0.4) is 0 Å². The lowest BCUT2D eigenvalue weighted by atomic mass is 10.1. The lowest BCUT2D eigenvalue weighted by Gasteiger charge is -2.19. The van der Waals surface area contributed by atoms with Gasteiger partial charge in [-0.25, -0.2) is 0 Å². The molecule has 0 aliphatic rings. The van der Waals surface area contributed by atoms with Gasteiger partial charge in [0.05, 0.1) is 6.61 Å². The normalized spacial score (nSPS) is 11.7. The van der Waals surface area contributed by atoms with Crippen LogP contribution >= 0.6 is 11.9 Å². The van der Waals surface area contributed by atoms with E-state index in [2.05, 4.69) is 37.6 Å². The van der Waals surface area contributed by atoms with Gasteiger partial charge in [0.2, 0.25) is 0 Å². The van der Waals surface area contributed by atoms with E-state index in [4.69, 9.17) is 5.11 Å². The quantitative estimate of drug-likeness (QED) is 0.773. The third-order valence-electron chi connectivity index (χ3n) is 1.82. The summed E-state index contributed by atoms with van der Waals surface area (Å²) >= 11 is 1.71. The van der Waals surface area contributed by atoms with Crippen molar-refractivity contribution in [1.82, 2.24) is 4.72 Å². The van der Waals surface area contributed by atoms with E-state index >= 15 is 0 Å². The molecule has 1 aromatic carbocycles. The predicted molar refractivity (Wildman–Crippen MR) is 66.5 cm³/mol. The molecule has 3 heteroatoms. The maximum Gasteiger partial charge on any atom is 0.0681 e. The lowest BCUT2D eigenvalue weighted by Crippen LogP contribution is -2.29. The molecule has 0 bridgehead atoms. The fraction of sp³-hybridized carbons (Fsp3) is 0.500. The van der Waals surface area contributed by atoms with Crippen molar-refractivity contribution in [3.05, 3.63) is 35.4 Å². The Bertz CT molecular complexity index is 289. The largest absolute Gasteiger partial charge is 0.392 e. The highest BCUT2D eigenvalue weighted by Crippen LogP contribution is 2.14. The number of aliphatic hydroxyl groups is 1. The molecule has 0 saturated carbocycles. The van der Waals surface area contributed by atoms with Gasteiger partial charge in [-0.05, 0) is 31.9 Å². The van der Waals surface area contributed by atoms with Gasteiger partial charge in [0.25, 0.3) is 0 Å². The molecule has 0 aromatic heterocycles. The first-order valence-corrected chi connectivity index (χ1v) is 6.07. The van der Waals surface area contributed by atoms with Crippen LogP contribution in [0.15, 0.2) is 24.3 Å². The molecule has 1 rings (SSSR count). The second-order valence-corrected chi connectivity index (χ2v) is 5.40. The monoisotopic (exact) mass is 225 g/mol. The molecule has 1 aromatic rings. The number of hydrogen-bond acceptors (Lipinski definition) is 3. The first-order chi connectivity index (χ1) is 7.01. The van der Waals surface area contributed by atoms with Crippen molar-refractivity contribution in [2.75, 3.05) is 0 Å². The van der Waals surface area contributed by atoms with Crippen LogP contribution in [0.25, 0.3) is 0 Å². The second-order valence-electron chi connectivity index (χ2n) is 4.62. The molecule has 0 heterocycles. The molecule has 0 atom stereocenters. The number of nitrogens with one attached hydrogen (secondary N) is 1. The third kappa shape index (κ3) is 5.21. The highest BCUT2D eigenvalue weighted by molar-refractivity contribution is 7.96. The molecule has 0 aliphatic heterocycles. The summed E-state index contributed by atoms with van der Waals surface area (Å²) in [4.78, 5) is 0. The zero-order chi connectivity index (χ0) is 11.3. The van der Waals surface area contributed by atoms with Crippen molar-refractivity contribution in [2.45, 2.75) is 38.7 Å². The Labute approximate surface area is 96.2 Å². The van der Waals surface area contributed by atoms with Crippen molar-refractivity contribution < 1.29 is 5.11 Å². The van der Waals surface area contributed by atoms with Gasteiger partial charge in [0.15, 0.2) is 0 Å². The maximum absolute atomic E-state index is 8.89. The molecule has 0 spiro atoms. The van der Waals surface area contributed by atoms with E-state index in [1.165, 1.54) is 5.56 Å². The van der Waals surface area contributed by atoms with Gasteiger partial charge >= 0.3 is 0 Å². The Kier molecular flexibility index (Phi) is 4.64. The Morgan fingerprint density at radius 2 is 1.67 bits per heavy atom. The van der Waals surface area contributed by atoms with Crippen LogP contribution < -0.4 is 4.72 Å². The summed E-state index contributed by atoms with van der Waals surface area (Å²) in [6.45, 7) is 6.56. The van der Waals surface area contributed by atoms with Crippen LogP contribution in [0.4, 0.5) is 0 Å². The Hall–Kier alpha value is -0.510. The summed E-state index contributed by atoms with van der Waals surface area (Å²) in [6.07, 6.45) is 0. The first kappa shape index (κ1) is 12.6. The molecule has 0 saturated heterocycles. The topological polar surface area (TPSA) is 32.3 Å². The Balaban J connectivity index is 2.38. The summed E-state index contributed by atoms with van der Waals surface area (Å²) < 4.78 is 3.37. The molecular formula is C12H19NOS. The van der Waals surface area contributed by atoms with Crippen molar-refractivity contribution in [3.8, 4) is 0 Å². The highest BCUT2D eigenvalue weighted by atomic mass is 32.2. The maximum atomic E-state index is 8.89. The summed E-state index contributed by atoms with van der Waals surface area (Å²) in [6, 6.07) is 8.05. The minimum Gasteiger partial charge on any atom is -0.392 e. The SMILES string of the molecule is CC(C)(C)NSCc1ccc(CO)cc1. The van der Waals surface area contributed by atoms with Gasteiger partial charge in [-0.2, -0.15) is 0 Å². The van der Waals surface area contributed by atoms with E-state index < -0.39 is 0 Å². The molecule has 0 amide bonds. The van der Waals surface area contributed by atoms with Crippen molar-refractivity contribution in [1.29, 1.82) is 0 Å². The minimum absolute atomic E-state index is 0.119. The molecule has 84 valence electrons. The van der Waals surface area contributed by atoms with E-state index in [0.717, 1.165) is 11.3 Å². The average Bonchev–Trinajstić information content (AvgIpc) is 2.17. The first-order valence-electron chi connectivity index (χ1n) is 5.09. The van der Waals surface area contributed by atoms with Crippen molar-refractivity contribution in [3.63, 3.8) is 0 Å². The number of aliphatic hydroxyl groups excluding tert-OH is 1. The molecule has 0 unspecified atom stereocenters. The third-order valence-corrected chi connectivity index (χ3v) is 3.06. The van der Waals surface area contributed by atoms with Crippen LogP contribution in [-0.4, -0.2) is 10.6 Å². The van der Waals surface area contributed by atoms with E-state index in [0.29, 0.717) is 0 Å². The zero-order valence-electron chi connectivity index (χ0n) is 9.58. The van der Waals surface area contributed by atoms with Crippen molar-refractivity contribution >= 4 is 11.9 Å². The molecule has 0 radical (unpaired) electrons. The average molecular weight is 225 g/mol. The van der Waals surface area contributed by atoms with Crippen LogP contribution in [0, 0.1) is 0 Å². The van der Waals surface area contributed by atoms with Crippen molar-refractivity contribution in [2.24, 2.45) is 0 Å². The molecule has 0 fully saturated rings. The van der Waals surface area contributed by atoms with Gasteiger partial charge in [0, 0.05) is 11.3 Å². The van der Waals surface area contributed by atoms with Gasteiger partial charge < -0.3 is 5.11 Å². The number of hydrogen-bond donors (Lipinski definition) is 2. The molecule has 15 heavy (non-hydrogen) atoms. The summed E-state index contributed by atoms with van der Waals surface area (Å²) in [7, 11) is 0. The van der Waals surface area contributed by atoms with Gasteiger partial charge in [-0.1, -0.05) is 36.2 Å². The molecule has 2 N–H and O–H groups in total. The van der Waals surface area contributed by atoms with Crippen LogP contribution in [0.1, 0.15) is 31.9 Å². The molecule has 2 nitrogen and oxygen atoms in total. The van der Waals surface area contributed by atoms with E-state index in [9.17, 15) is 0 Å². The highest BCUT2D eigenvalue weighted by Gasteiger charge is 2.08. The number of rotatable bonds is 4. The fourth-order valence-electron chi connectivity index (χ4n) is 1.08. The standard InChI is InChI=1S/C12H19NOS/c1-12(2,3)13-15-9-11-6-4-10(8-14)5-7-11/h4-7,13-14H,8-9H2,1-3H3. The predicted octanol–water partition coefficient (Wildman–Crippen LogP) is 2.72. The summed E-state index contributed by atoms with van der Waals surface area (Å²) in [5.74, 6) is 0.947. The van der Waals surface area contributed by atoms with Gasteiger partial charge in [0.1, 0.15) is 0 Å². The van der Waals surface area contributed by atoms with Crippen LogP contribution in [0.5, 0.6) is 0 Å². The lowest BCUT2D eigenvalue weighted by molar-refractivity contribution is 0.282. The zero-order valence-corrected chi connectivity index (χ0v) is 10.4. The van der Waals surface area contributed by atoms with E-state index in [1.54, 1.807) is 11.9 Å². The fourth-order valence-corrected chi connectivity index (χ4v) is 1.94. The van der Waals surface area contributed by atoms with E-state index in [1.807, 2.05) is 12.1 Å². The van der Waals surface area contributed by atoms with Gasteiger partial charge in [-0.15, -0.1) is 0 Å². The van der Waals surface area contributed by atoms with Gasteiger partial charge in [-0.3, -0.25) is 4.72 Å². The second kappa shape index (κ2) is 5.54. The summed E-state index contributed by atoms with van der Waals surface area (Å²) in [5, 5.41) is 8.89. The van der Waals surface area contributed by atoms with E-state index in [-0.39, 0.29) is 12.1 Å². The van der Waals surface area contributed by atoms with Crippen LogP contribution in [0.2, 0.25) is 0 Å². The number of benzene rings is 1. The smallest absolute Gasteiger partial charge is 0.0681 e. The minimum atomic E-state index is 0.119. The molecular weight excluding hydrogens is 206 g/mol. The van der Waals surface area contributed by atoms with Crippen LogP contribution in [-0.2, 0) is 12.4 Å². The Morgan fingerprint density at radius 1 is 1.13 bits per heavy atom. The summed E-state index contributed by atoms with van der Waals surface area (Å²) in [5.41, 5.74) is 2.39. The molecule has 0 aliphatic carbocycles.